The summed E-state index contributed by atoms with van der Waals surface area (Å²) in [5.74, 6) is 0.472. The van der Waals surface area contributed by atoms with Gasteiger partial charge >= 0.3 is 0 Å². The molecule has 0 fully saturated rings. The monoisotopic (exact) mass is 356 g/mol. The average Bonchev–Trinajstić information content (AvgIpc) is 2.63. The van der Waals surface area contributed by atoms with Crippen LogP contribution in [0.1, 0.15) is 24.1 Å². The van der Waals surface area contributed by atoms with Gasteiger partial charge in [-0.2, -0.15) is 0 Å². The van der Waals surface area contributed by atoms with Gasteiger partial charge in [-0.05, 0) is 35.9 Å². The second-order valence-electron chi connectivity index (χ2n) is 5.60. The summed E-state index contributed by atoms with van der Waals surface area (Å²) < 4.78 is 5.17. The highest BCUT2D eigenvalue weighted by Crippen LogP contribution is 2.38. The lowest BCUT2D eigenvalue weighted by Gasteiger charge is -2.21. The van der Waals surface area contributed by atoms with Crippen molar-refractivity contribution in [3.8, 4) is 11.5 Å². The van der Waals surface area contributed by atoms with E-state index in [9.17, 15) is 9.90 Å². The van der Waals surface area contributed by atoms with Gasteiger partial charge in [0.15, 0.2) is 0 Å². The van der Waals surface area contributed by atoms with E-state index in [2.05, 4.69) is 10.3 Å². The minimum absolute atomic E-state index is 0.00503. The van der Waals surface area contributed by atoms with E-state index >= 15 is 0 Å². The number of ether oxygens (including phenoxy) is 1. The quantitative estimate of drug-likeness (QED) is 0.745. The van der Waals surface area contributed by atoms with Crippen LogP contribution in [0.15, 0.2) is 48.7 Å². The Hall–Kier alpha value is -2.79. The van der Waals surface area contributed by atoms with Gasteiger partial charge in [0, 0.05) is 24.1 Å². The molecule has 0 spiro atoms. The normalized spacial score (nSPS) is 12.0. The largest absolute Gasteiger partial charge is 0.505 e. The molecule has 0 saturated heterocycles. The maximum absolute atomic E-state index is 11.7. The molecule has 3 rings (SSSR count). The van der Waals surface area contributed by atoms with Gasteiger partial charge in [-0.1, -0.05) is 23.7 Å². The zero-order valence-corrected chi connectivity index (χ0v) is 14.5. The standard InChI is InChI=1S/C19H17ClN2O3/c1-11(23)22-17(12-5-7-13(25-2)8-6-12)15-10-16(20)14-4-3-9-21-18(14)19(15)24/h3-10,17,24H,1-2H3,(H,22,23)/t17-/m0/s1. The number of hydrogen-bond donors (Lipinski definition) is 2. The lowest BCUT2D eigenvalue weighted by Crippen LogP contribution is -2.27. The van der Waals surface area contributed by atoms with Gasteiger partial charge in [0.25, 0.3) is 0 Å². The third-order valence-electron chi connectivity index (χ3n) is 3.95. The van der Waals surface area contributed by atoms with Gasteiger partial charge in [0.2, 0.25) is 5.91 Å². The SMILES string of the molecule is COc1ccc([C@H](NC(C)=O)c2cc(Cl)c3cccnc3c2O)cc1. The first-order valence-electron chi connectivity index (χ1n) is 7.68. The van der Waals surface area contributed by atoms with Gasteiger partial charge in [0.05, 0.1) is 18.2 Å². The number of amides is 1. The fourth-order valence-corrected chi connectivity index (χ4v) is 3.04. The maximum Gasteiger partial charge on any atom is 0.217 e. The number of nitrogens with one attached hydrogen (secondary N) is 1. The Bertz CT molecular complexity index is 926. The van der Waals surface area contributed by atoms with Crippen molar-refractivity contribution in [2.75, 3.05) is 7.11 Å². The molecule has 0 saturated carbocycles. The van der Waals surface area contributed by atoms with Crippen molar-refractivity contribution in [1.29, 1.82) is 0 Å². The highest BCUT2D eigenvalue weighted by atomic mass is 35.5. The molecule has 2 aromatic carbocycles. The molecule has 6 heteroatoms. The summed E-state index contributed by atoms with van der Waals surface area (Å²) in [6.07, 6.45) is 1.59. The van der Waals surface area contributed by atoms with E-state index in [0.29, 0.717) is 27.2 Å². The van der Waals surface area contributed by atoms with Crippen molar-refractivity contribution in [2.24, 2.45) is 0 Å². The third-order valence-corrected chi connectivity index (χ3v) is 4.27. The van der Waals surface area contributed by atoms with Crippen molar-refractivity contribution in [3.63, 3.8) is 0 Å². The number of phenols is 1. The van der Waals surface area contributed by atoms with Gasteiger partial charge in [-0.15, -0.1) is 0 Å². The average molecular weight is 357 g/mol. The Kier molecular flexibility index (Phi) is 4.76. The number of aromatic hydroxyl groups is 1. The van der Waals surface area contributed by atoms with E-state index in [4.69, 9.17) is 16.3 Å². The summed E-state index contributed by atoms with van der Waals surface area (Å²) in [6.45, 7) is 1.43. The first-order valence-corrected chi connectivity index (χ1v) is 8.06. The summed E-state index contributed by atoms with van der Waals surface area (Å²) in [4.78, 5) is 15.9. The number of methoxy groups -OCH3 is 1. The topological polar surface area (TPSA) is 71.5 Å². The van der Waals surface area contributed by atoms with Gasteiger partial charge in [-0.3, -0.25) is 9.78 Å². The molecule has 128 valence electrons. The number of carbonyl (C=O) groups excluding carboxylic acids is 1. The van der Waals surface area contributed by atoms with Crippen LogP contribution < -0.4 is 10.1 Å². The number of aromatic nitrogens is 1. The highest BCUT2D eigenvalue weighted by molar-refractivity contribution is 6.35. The van der Waals surface area contributed by atoms with Crippen LogP contribution in [0.4, 0.5) is 0 Å². The molecule has 25 heavy (non-hydrogen) atoms. The number of fused-ring (bicyclic) bond motifs is 1. The first-order chi connectivity index (χ1) is 12.0. The molecule has 5 nitrogen and oxygen atoms in total. The van der Waals surface area contributed by atoms with Crippen molar-refractivity contribution in [2.45, 2.75) is 13.0 Å². The van der Waals surface area contributed by atoms with Crippen LogP contribution in [0, 0.1) is 0 Å². The molecule has 2 N–H and O–H groups in total. The molecule has 1 atom stereocenters. The van der Waals surface area contributed by atoms with E-state index < -0.39 is 6.04 Å². The van der Waals surface area contributed by atoms with E-state index in [1.165, 1.54) is 6.92 Å². The van der Waals surface area contributed by atoms with Crippen LogP contribution in [0.25, 0.3) is 10.9 Å². The fourth-order valence-electron chi connectivity index (χ4n) is 2.77. The lowest BCUT2D eigenvalue weighted by atomic mass is 9.96. The zero-order valence-electron chi connectivity index (χ0n) is 13.8. The minimum atomic E-state index is -0.563. The van der Waals surface area contributed by atoms with Crippen LogP contribution in [0.5, 0.6) is 11.5 Å². The van der Waals surface area contributed by atoms with Gasteiger partial charge < -0.3 is 15.2 Å². The number of nitrogens with zero attached hydrogens (tertiary/aromatic N) is 1. The molecule has 1 heterocycles. The Balaban J connectivity index is 2.17. The van der Waals surface area contributed by atoms with Crippen molar-refractivity contribution < 1.29 is 14.6 Å². The summed E-state index contributed by atoms with van der Waals surface area (Å²) >= 11 is 6.37. The molecule has 0 aliphatic rings. The molecule has 0 bridgehead atoms. The minimum Gasteiger partial charge on any atom is -0.505 e. The number of rotatable bonds is 4. The third kappa shape index (κ3) is 3.37. The van der Waals surface area contributed by atoms with Crippen molar-refractivity contribution in [3.05, 3.63) is 64.8 Å². The van der Waals surface area contributed by atoms with E-state index in [1.807, 2.05) is 12.1 Å². The number of benzene rings is 2. The number of hydrogen-bond acceptors (Lipinski definition) is 4. The Morgan fingerprint density at radius 3 is 2.64 bits per heavy atom. The van der Waals surface area contributed by atoms with Crippen LogP contribution in [-0.2, 0) is 4.79 Å². The maximum atomic E-state index is 11.7. The summed E-state index contributed by atoms with van der Waals surface area (Å²) in [7, 11) is 1.58. The molecule has 1 amide bonds. The predicted octanol–water partition coefficient (Wildman–Crippen LogP) is 3.83. The second kappa shape index (κ2) is 6.99. The summed E-state index contributed by atoms with van der Waals surface area (Å²) in [6, 6.07) is 11.9. The number of carbonyl (C=O) groups is 1. The van der Waals surface area contributed by atoms with Crippen LogP contribution >= 0.6 is 11.6 Å². The van der Waals surface area contributed by atoms with E-state index in [-0.39, 0.29) is 11.7 Å². The molecular weight excluding hydrogens is 340 g/mol. The second-order valence-corrected chi connectivity index (χ2v) is 6.01. The number of phenolic OH excluding ortho intramolecular Hbond substituents is 1. The van der Waals surface area contributed by atoms with Crippen LogP contribution in [0.2, 0.25) is 5.02 Å². The van der Waals surface area contributed by atoms with E-state index in [0.717, 1.165) is 5.56 Å². The first kappa shape index (κ1) is 17.0. The van der Waals surface area contributed by atoms with Crippen molar-refractivity contribution in [1.82, 2.24) is 10.3 Å². The highest BCUT2D eigenvalue weighted by Gasteiger charge is 2.22. The van der Waals surface area contributed by atoms with Gasteiger partial charge in [0.1, 0.15) is 17.0 Å². The number of halogens is 1. The van der Waals surface area contributed by atoms with Crippen molar-refractivity contribution >= 4 is 28.4 Å². The van der Waals surface area contributed by atoms with Crippen LogP contribution in [0.3, 0.4) is 0 Å². The fraction of sp³-hybridized carbons (Fsp3) is 0.158. The lowest BCUT2D eigenvalue weighted by molar-refractivity contribution is -0.119. The predicted molar refractivity (Wildman–Crippen MR) is 97.1 cm³/mol. The molecule has 0 aliphatic heterocycles. The molecule has 1 aromatic heterocycles. The van der Waals surface area contributed by atoms with Gasteiger partial charge in [-0.25, -0.2) is 0 Å². The molecule has 3 aromatic rings. The van der Waals surface area contributed by atoms with E-state index in [1.54, 1.807) is 43.6 Å². The molecular formula is C19H17ClN2O3. The molecule has 0 aliphatic carbocycles. The molecule has 0 unspecified atom stereocenters. The zero-order chi connectivity index (χ0) is 18.0. The smallest absolute Gasteiger partial charge is 0.217 e. The summed E-state index contributed by atoms with van der Waals surface area (Å²) in [5, 5.41) is 14.7. The van der Waals surface area contributed by atoms with Crippen LogP contribution in [-0.4, -0.2) is 23.1 Å². The summed E-state index contributed by atoms with van der Waals surface area (Å²) in [5.41, 5.74) is 1.67. The Labute approximate surface area is 150 Å². The number of pyridine rings is 1. The Morgan fingerprint density at radius 2 is 2.00 bits per heavy atom. The molecule has 0 radical (unpaired) electrons. The Morgan fingerprint density at radius 1 is 1.28 bits per heavy atom.